The molecule has 0 aliphatic rings. The highest BCUT2D eigenvalue weighted by Crippen LogP contribution is 2.27. The third-order valence-corrected chi connectivity index (χ3v) is 3.99. The van der Waals surface area contributed by atoms with E-state index in [1.54, 1.807) is 12.1 Å². The predicted molar refractivity (Wildman–Crippen MR) is 93.2 cm³/mol. The maximum Gasteiger partial charge on any atom is 0.123 e. The van der Waals surface area contributed by atoms with Gasteiger partial charge in [0.05, 0.1) is 16.9 Å². The fourth-order valence-electron chi connectivity index (χ4n) is 2.54. The van der Waals surface area contributed by atoms with E-state index in [-0.39, 0.29) is 5.82 Å². The van der Waals surface area contributed by atoms with Gasteiger partial charge in [0, 0.05) is 16.1 Å². The van der Waals surface area contributed by atoms with E-state index in [1.807, 2.05) is 36.4 Å². The molecule has 2 heterocycles. The molecule has 0 radical (unpaired) electrons. The molecule has 5 heteroatoms. The smallest absolute Gasteiger partial charge is 0.123 e. The van der Waals surface area contributed by atoms with Gasteiger partial charge in [-0.25, -0.2) is 19.3 Å². The Morgan fingerprint density at radius 3 is 2.21 bits per heavy atom. The lowest BCUT2D eigenvalue weighted by molar-refractivity contribution is 0.628. The molecule has 0 atom stereocenters. The Hall–Kier alpha value is -2.85. The first-order valence-corrected chi connectivity index (χ1v) is 7.72. The fourth-order valence-corrected chi connectivity index (χ4v) is 2.67. The summed E-state index contributed by atoms with van der Waals surface area (Å²) in [5.41, 5.74) is 4.68. The third-order valence-electron chi connectivity index (χ3n) is 3.74. The van der Waals surface area contributed by atoms with Crippen LogP contribution in [0.15, 0.2) is 67.0 Å². The van der Waals surface area contributed by atoms with Crippen molar-refractivity contribution in [2.24, 2.45) is 0 Å². The first kappa shape index (κ1) is 14.7. The Kier molecular flexibility index (Phi) is 3.67. The van der Waals surface area contributed by atoms with Gasteiger partial charge in [-0.05, 0) is 48.5 Å². The van der Waals surface area contributed by atoms with E-state index in [4.69, 9.17) is 16.6 Å². The van der Waals surface area contributed by atoms with E-state index < -0.39 is 0 Å². The van der Waals surface area contributed by atoms with Crippen LogP contribution in [0, 0.1) is 5.82 Å². The molecule has 0 saturated heterocycles. The SMILES string of the molecule is Fc1ccc(-c2ccc3ncnc(-c4ccc(Cl)cc4)c3n2)cc1. The first-order chi connectivity index (χ1) is 11.7. The van der Waals surface area contributed by atoms with Gasteiger partial charge >= 0.3 is 0 Å². The molecule has 0 aliphatic carbocycles. The molecule has 4 rings (SSSR count). The van der Waals surface area contributed by atoms with Gasteiger partial charge in [0.2, 0.25) is 0 Å². The van der Waals surface area contributed by atoms with E-state index in [1.165, 1.54) is 18.5 Å². The summed E-state index contributed by atoms with van der Waals surface area (Å²) in [6, 6.07) is 17.4. The Bertz CT molecular complexity index is 1010. The molecule has 2 aromatic heterocycles. The highest BCUT2D eigenvalue weighted by atomic mass is 35.5. The van der Waals surface area contributed by atoms with Crippen molar-refractivity contribution in [2.45, 2.75) is 0 Å². The summed E-state index contributed by atoms with van der Waals surface area (Å²) in [6.45, 7) is 0. The molecule has 2 aromatic carbocycles. The van der Waals surface area contributed by atoms with Crippen molar-refractivity contribution >= 4 is 22.6 Å². The standard InChI is InChI=1S/C19H11ClFN3/c20-14-5-1-13(2-6-14)18-19-17(22-11-23-18)10-9-16(24-19)12-3-7-15(21)8-4-12/h1-11H. The molecule has 24 heavy (non-hydrogen) atoms. The van der Waals surface area contributed by atoms with Gasteiger partial charge < -0.3 is 0 Å². The highest BCUT2D eigenvalue weighted by molar-refractivity contribution is 6.30. The van der Waals surface area contributed by atoms with Gasteiger partial charge in [-0.1, -0.05) is 23.7 Å². The lowest BCUT2D eigenvalue weighted by Crippen LogP contribution is -1.93. The maximum absolute atomic E-state index is 13.1. The zero-order chi connectivity index (χ0) is 16.5. The molecule has 0 amide bonds. The number of hydrogen-bond donors (Lipinski definition) is 0. The van der Waals surface area contributed by atoms with Crippen LogP contribution in [0.5, 0.6) is 0 Å². The highest BCUT2D eigenvalue weighted by Gasteiger charge is 2.10. The summed E-state index contributed by atoms with van der Waals surface area (Å²) >= 11 is 5.96. The van der Waals surface area contributed by atoms with Crippen molar-refractivity contribution in [3.63, 3.8) is 0 Å². The molecule has 0 unspecified atom stereocenters. The van der Waals surface area contributed by atoms with Gasteiger partial charge in [0.25, 0.3) is 0 Å². The zero-order valence-corrected chi connectivity index (χ0v) is 13.2. The zero-order valence-electron chi connectivity index (χ0n) is 12.4. The van der Waals surface area contributed by atoms with E-state index in [0.29, 0.717) is 10.5 Å². The topological polar surface area (TPSA) is 38.7 Å². The predicted octanol–water partition coefficient (Wildman–Crippen LogP) is 5.15. The number of pyridine rings is 1. The van der Waals surface area contributed by atoms with Crippen LogP contribution >= 0.6 is 11.6 Å². The Morgan fingerprint density at radius 2 is 1.46 bits per heavy atom. The number of aromatic nitrogens is 3. The lowest BCUT2D eigenvalue weighted by Gasteiger charge is -2.07. The monoisotopic (exact) mass is 335 g/mol. The normalized spacial score (nSPS) is 10.9. The van der Waals surface area contributed by atoms with Crippen LogP contribution in [-0.4, -0.2) is 15.0 Å². The van der Waals surface area contributed by atoms with E-state index >= 15 is 0 Å². The summed E-state index contributed by atoms with van der Waals surface area (Å²) in [4.78, 5) is 13.3. The quantitative estimate of drug-likeness (QED) is 0.508. The number of hydrogen-bond acceptors (Lipinski definition) is 3. The molecule has 116 valence electrons. The minimum atomic E-state index is -0.273. The number of nitrogens with zero attached hydrogens (tertiary/aromatic N) is 3. The van der Waals surface area contributed by atoms with Gasteiger partial charge in [0.1, 0.15) is 17.7 Å². The first-order valence-electron chi connectivity index (χ1n) is 7.34. The summed E-state index contributed by atoms with van der Waals surface area (Å²) < 4.78 is 13.1. The van der Waals surface area contributed by atoms with Crippen LogP contribution in [0.1, 0.15) is 0 Å². The average Bonchev–Trinajstić information content (AvgIpc) is 2.62. The summed E-state index contributed by atoms with van der Waals surface area (Å²) in [7, 11) is 0. The third kappa shape index (κ3) is 2.72. The lowest BCUT2D eigenvalue weighted by atomic mass is 10.1. The molecule has 4 aromatic rings. The second kappa shape index (κ2) is 5.98. The van der Waals surface area contributed by atoms with Crippen LogP contribution in [-0.2, 0) is 0 Å². The Morgan fingerprint density at radius 1 is 0.750 bits per heavy atom. The number of fused-ring (bicyclic) bond motifs is 1. The van der Waals surface area contributed by atoms with Crippen molar-refractivity contribution in [3.05, 3.63) is 77.8 Å². The van der Waals surface area contributed by atoms with Crippen LogP contribution in [0.4, 0.5) is 4.39 Å². The van der Waals surface area contributed by atoms with Crippen molar-refractivity contribution in [1.82, 2.24) is 15.0 Å². The van der Waals surface area contributed by atoms with Gasteiger partial charge in [0.15, 0.2) is 0 Å². The number of rotatable bonds is 2. The number of benzene rings is 2. The maximum atomic E-state index is 13.1. The van der Waals surface area contributed by atoms with Crippen LogP contribution in [0.2, 0.25) is 5.02 Å². The Labute approximate surface area is 142 Å². The van der Waals surface area contributed by atoms with Gasteiger partial charge in [-0.15, -0.1) is 0 Å². The summed E-state index contributed by atoms with van der Waals surface area (Å²) in [5.74, 6) is -0.273. The molecule has 3 nitrogen and oxygen atoms in total. The molecule has 0 N–H and O–H groups in total. The van der Waals surface area contributed by atoms with Crippen LogP contribution < -0.4 is 0 Å². The minimum Gasteiger partial charge on any atom is -0.244 e. The van der Waals surface area contributed by atoms with E-state index in [9.17, 15) is 4.39 Å². The molecule has 0 fully saturated rings. The van der Waals surface area contributed by atoms with E-state index in [0.717, 1.165) is 28.0 Å². The minimum absolute atomic E-state index is 0.273. The largest absolute Gasteiger partial charge is 0.244 e. The second-order valence-corrected chi connectivity index (χ2v) is 5.74. The van der Waals surface area contributed by atoms with Gasteiger partial charge in [-0.3, -0.25) is 0 Å². The molecule has 0 saturated carbocycles. The van der Waals surface area contributed by atoms with Crippen molar-refractivity contribution in [2.75, 3.05) is 0 Å². The van der Waals surface area contributed by atoms with Crippen LogP contribution in [0.25, 0.3) is 33.5 Å². The van der Waals surface area contributed by atoms with Crippen LogP contribution in [0.3, 0.4) is 0 Å². The van der Waals surface area contributed by atoms with Crippen molar-refractivity contribution in [3.8, 4) is 22.5 Å². The fraction of sp³-hybridized carbons (Fsp3) is 0. The molecular formula is C19H11ClFN3. The molecule has 0 aliphatic heterocycles. The van der Waals surface area contributed by atoms with Crippen molar-refractivity contribution in [1.29, 1.82) is 0 Å². The van der Waals surface area contributed by atoms with Gasteiger partial charge in [-0.2, -0.15) is 0 Å². The van der Waals surface area contributed by atoms with E-state index in [2.05, 4.69) is 9.97 Å². The summed E-state index contributed by atoms with van der Waals surface area (Å²) in [6.07, 6.45) is 1.52. The number of halogens is 2. The molecule has 0 spiro atoms. The van der Waals surface area contributed by atoms with Crippen molar-refractivity contribution < 1.29 is 4.39 Å². The molecular weight excluding hydrogens is 325 g/mol. The summed E-state index contributed by atoms with van der Waals surface area (Å²) in [5, 5.41) is 0.664. The Balaban J connectivity index is 1.90. The molecule has 0 bridgehead atoms. The second-order valence-electron chi connectivity index (χ2n) is 5.30. The average molecular weight is 336 g/mol.